The van der Waals surface area contributed by atoms with E-state index >= 15 is 0 Å². The van der Waals surface area contributed by atoms with E-state index in [0.717, 1.165) is 0 Å². The molecular formula is C11H13ClN4O2. The maximum Gasteiger partial charge on any atom is 0.229 e. The first kappa shape index (κ1) is 12.8. The SMILES string of the molecule is O=C1CCC(=O)N1CCCNc1cnc(Cl)cn1. The summed E-state index contributed by atoms with van der Waals surface area (Å²) < 4.78 is 0. The first-order valence-corrected chi connectivity index (χ1v) is 6.09. The van der Waals surface area contributed by atoms with Crippen LogP contribution in [0.15, 0.2) is 12.4 Å². The van der Waals surface area contributed by atoms with Gasteiger partial charge in [0, 0.05) is 25.9 Å². The number of carbonyl (C=O) groups excluding carboxylic acids is 2. The lowest BCUT2D eigenvalue weighted by molar-refractivity contribution is -0.138. The van der Waals surface area contributed by atoms with E-state index in [9.17, 15) is 9.59 Å². The molecule has 18 heavy (non-hydrogen) atoms. The van der Waals surface area contributed by atoms with Crippen LogP contribution in [0.25, 0.3) is 0 Å². The second-order valence-electron chi connectivity index (χ2n) is 3.94. The molecule has 0 spiro atoms. The van der Waals surface area contributed by atoms with E-state index in [2.05, 4.69) is 15.3 Å². The molecule has 2 heterocycles. The zero-order valence-electron chi connectivity index (χ0n) is 9.73. The highest BCUT2D eigenvalue weighted by Gasteiger charge is 2.27. The molecule has 0 saturated carbocycles. The predicted molar refractivity (Wildman–Crippen MR) is 66.1 cm³/mol. The fraction of sp³-hybridized carbons (Fsp3) is 0.455. The van der Waals surface area contributed by atoms with Crippen LogP contribution in [-0.2, 0) is 9.59 Å². The van der Waals surface area contributed by atoms with Gasteiger partial charge in [-0.1, -0.05) is 11.6 Å². The fourth-order valence-corrected chi connectivity index (χ4v) is 1.83. The van der Waals surface area contributed by atoms with Crippen molar-refractivity contribution in [2.24, 2.45) is 0 Å². The van der Waals surface area contributed by atoms with Crippen LogP contribution in [0.4, 0.5) is 5.82 Å². The smallest absolute Gasteiger partial charge is 0.229 e. The zero-order valence-corrected chi connectivity index (χ0v) is 10.5. The molecule has 0 bridgehead atoms. The molecule has 96 valence electrons. The minimum atomic E-state index is -0.0775. The minimum absolute atomic E-state index is 0.0775. The van der Waals surface area contributed by atoms with Crippen LogP contribution in [-0.4, -0.2) is 39.8 Å². The second-order valence-corrected chi connectivity index (χ2v) is 4.33. The first-order chi connectivity index (χ1) is 8.66. The summed E-state index contributed by atoms with van der Waals surface area (Å²) >= 11 is 5.61. The summed E-state index contributed by atoms with van der Waals surface area (Å²) in [7, 11) is 0. The third-order valence-electron chi connectivity index (χ3n) is 2.64. The number of anilines is 1. The molecule has 2 amide bonds. The average molecular weight is 269 g/mol. The Bertz CT molecular complexity index is 433. The molecular weight excluding hydrogens is 256 g/mol. The fourth-order valence-electron chi connectivity index (χ4n) is 1.73. The van der Waals surface area contributed by atoms with Crippen LogP contribution in [0.3, 0.4) is 0 Å². The number of aromatic nitrogens is 2. The molecule has 1 fully saturated rings. The van der Waals surface area contributed by atoms with E-state index in [1.807, 2.05) is 0 Å². The largest absolute Gasteiger partial charge is 0.369 e. The van der Waals surface area contributed by atoms with Crippen LogP contribution >= 0.6 is 11.6 Å². The van der Waals surface area contributed by atoms with Gasteiger partial charge in [0.25, 0.3) is 0 Å². The van der Waals surface area contributed by atoms with Crippen LogP contribution < -0.4 is 5.32 Å². The Labute approximate surface area is 109 Å². The highest BCUT2D eigenvalue weighted by atomic mass is 35.5. The van der Waals surface area contributed by atoms with Crippen molar-refractivity contribution in [1.82, 2.24) is 14.9 Å². The number of likely N-dealkylation sites (tertiary alicyclic amines) is 1. The molecule has 2 rings (SSSR count). The second kappa shape index (κ2) is 5.77. The van der Waals surface area contributed by atoms with E-state index in [1.54, 1.807) is 0 Å². The number of hydrogen-bond acceptors (Lipinski definition) is 5. The maximum absolute atomic E-state index is 11.3. The molecule has 1 aliphatic rings. The Morgan fingerprint density at radius 1 is 1.22 bits per heavy atom. The highest BCUT2D eigenvalue weighted by Crippen LogP contribution is 2.12. The topological polar surface area (TPSA) is 75.2 Å². The number of halogens is 1. The van der Waals surface area contributed by atoms with Gasteiger partial charge < -0.3 is 5.32 Å². The summed E-state index contributed by atoms with van der Waals surface area (Å²) in [6, 6.07) is 0. The number of hydrogen-bond donors (Lipinski definition) is 1. The third-order valence-corrected chi connectivity index (χ3v) is 2.83. The Morgan fingerprint density at radius 3 is 2.56 bits per heavy atom. The van der Waals surface area contributed by atoms with Gasteiger partial charge in [0.2, 0.25) is 11.8 Å². The maximum atomic E-state index is 11.3. The van der Waals surface area contributed by atoms with Gasteiger partial charge in [-0.25, -0.2) is 9.97 Å². The summed E-state index contributed by atoms with van der Waals surface area (Å²) in [6.07, 6.45) is 4.36. The molecule has 0 radical (unpaired) electrons. The molecule has 0 atom stereocenters. The Morgan fingerprint density at radius 2 is 1.94 bits per heavy atom. The summed E-state index contributed by atoms with van der Waals surface area (Å²) in [6.45, 7) is 1.07. The molecule has 6 nitrogen and oxygen atoms in total. The lowest BCUT2D eigenvalue weighted by Gasteiger charge is -2.13. The molecule has 1 aromatic rings. The molecule has 1 aliphatic heterocycles. The van der Waals surface area contributed by atoms with E-state index in [4.69, 9.17) is 11.6 Å². The Hall–Kier alpha value is -1.69. The first-order valence-electron chi connectivity index (χ1n) is 5.71. The number of rotatable bonds is 5. The van der Waals surface area contributed by atoms with Gasteiger partial charge in [0.05, 0.1) is 12.4 Å². The van der Waals surface area contributed by atoms with Crippen LogP contribution in [0.2, 0.25) is 5.15 Å². The van der Waals surface area contributed by atoms with Gasteiger partial charge in [-0.3, -0.25) is 14.5 Å². The normalized spacial score (nSPS) is 15.3. The van der Waals surface area contributed by atoms with Crippen molar-refractivity contribution in [2.75, 3.05) is 18.4 Å². The van der Waals surface area contributed by atoms with Crippen molar-refractivity contribution in [3.63, 3.8) is 0 Å². The molecule has 1 N–H and O–H groups in total. The summed E-state index contributed by atoms with van der Waals surface area (Å²) in [4.78, 5) is 31.9. The van der Waals surface area contributed by atoms with E-state index < -0.39 is 0 Å². The zero-order chi connectivity index (χ0) is 13.0. The number of nitrogens with zero attached hydrogens (tertiary/aromatic N) is 3. The van der Waals surface area contributed by atoms with Crippen LogP contribution in [0, 0.1) is 0 Å². The van der Waals surface area contributed by atoms with Gasteiger partial charge in [-0.15, -0.1) is 0 Å². The molecule has 0 unspecified atom stereocenters. The summed E-state index contributed by atoms with van der Waals surface area (Å²) in [5.41, 5.74) is 0. The summed E-state index contributed by atoms with van der Waals surface area (Å²) in [5.74, 6) is 0.469. The number of nitrogens with one attached hydrogen (secondary N) is 1. The lowest BCUT2D eigenvalue weighted by atomic mass is 10.4. The highest BCUT2D eigenvalue weighted by molar-refractivity contribution is 6.29. The number of amides is 2. The van der Waals surface area contributed by atoms with E-state index in [0.29, 0.717) is 43.3 Å². The molecule has 0 aromatic carbocycles. The molecule has 1 aromatic heterocycles. The van der Waals surface area contributed by atoms with Crippen molar-refractivity contribution < 1.29 is 9.59 Å². The average Bonchev–Trinajstić information content (AvgIpc) is 2.68. The standard InChI is InChI=1S/C11H13ClN4O2/c12-8-6-15-9(7-14-8)13-4-1-5-16-10(17)2-3-11(16)18/h6-7H,1-5H2,(H,13,15). The van der Waals surface area contributed by atoms with Crippen molar-refractivity contribution in [3.05, 3.63) is 17.5 Å². The van der Waals surface area contributed by atoms with Crippen molar-refractivity contribution in [1.29, 1.82) is 0 Å². The van der Waals surface area contributed by atoms with Gasteiger partial charge in [0.1, 0.15) is 11.0 Å². The van der Waals surface area contributed by atoms with Crippen LogP contribution in [0.1, 0.15) is 19.3 Å². The van der Waals surface area contributed by atoms with Crippen molar-refractivity contribution in [2.45, 2.75) is 19.3 Å². The Kier molecular flexibility index (Phi) is 4.09. The minimum Gasteiger partial charge on any atom is -0.369 e. The van der Waals surface area contributed by atoms with Gasteiger partial charge >= 0.3 is 0 Å². The monoisotopic (exact) mass is 268 g/mol. The van der Waals surface area contributed by atoms with Crippen molar-refractivity contribution in [3.8, 4) is 0 Å². The number of imide groups is 1. The predicted octanol–water partition coefficient (Wildman–Crippen LogP) is 1.08. The summed E-state index contributed by atoms with van der Waals surface area (Å²) in [5, 5.41) is 3.39. The quantitative estimate of drug-likeness (QED) is 0.639. The van der Waals surface area contributed by atoms with E-state index in [1.165, 1.54) is 17.3 Å². The molecule has 7 heteroatoms. The molecule has 0 aliphatic carbocycles. The van der Waals surface area contributed by atoms with E-state index in [-0.39, 0.29) is 11.8 Å². The lowest BCUT2D eigenvalue weighted by Crippen LogP contribution is -2.31. The third kappa shape index (κ3) is 3.16. The van der Waals surface area contributed by atoms with Gasteiger partial charge in [0.15, 0.2) is 0 Å². The molecule has 1 saturated heterocycles. The van der Waals surface area contributed by atoms with Gasteiger partial charge in [-0.2, -0.15) is 0 Å². The van der Waals surface area contributed by atoms with Crippen LogP contribution in [0.5, 0.6) is 0 Å². The Balaban J connectivity index is 1.71. The number of carbonyl (C=O) groups is 2. The van der Waals surface area contributed by atoms with Gasteiger partial charge in [-0.05, 0) is 6.42 Å². The van der Waals surface area contributed by atoms with Crippen molar-refractivity contribution >= 4 is 29.2 Å².